The van der Waals surface area contributed by atoms with Gasteiger partial charge in [0.1, 0.15) is 5.84 Å². The quantitative estimate of drug-likeness (QED) is 0.0822. The molecule has 0 radical (unpaired) electrons. The summed E-state index contributed by atoms with van der Waals surface area (Å²) in [5.41, 5.74) is 31.8. The maximum atomic E-state index is 5.62. The van der Waals surface area contributed by atoms with Gasteiger partial charge in [-0.1, -0.05) is 406 Å². The number of rotatable bonds is 15. The van der Waals surface area contributed by atoms with Gasteiger partial charge in [0.05, 0.1) is 50.9 Å². The average Bonchev–Trinajstić information content (AvgIpc) is 0.840. The summed E-state index contributed by atoms with van der Waals surface area (Å²) in [7, 11) is 0. The fraction of sp³-hybridized carbons (Fsp3) is 0.00781. The molecule has 1 N–H and O–H groups in total. The van der Waals surface area contributed by atoms with Crippen LogP contribution in [-0.2, 0) is 0 Å². The van der Waals surface area contributed by atoms with Crippen LogP contribution in [0.25, 0.3) is 237 Å². The van der Waals surface area contributed by atoms with Crippen LogP contribution in [0, 0.1) is 0 Å². The van der Waals surface area contributed by atoms with E-state index in [1.807, 2.05) is 18.2 Å². The summed E-state index contributed by atoms with van der Waals surface area (Å²) in [4.78, 5) is 16.2. The van der Waals surface area contributed by atoms with E-state index in [2.05, 4.69) is 482 Å². The Balaban J connectivity index is 0.507. The second-order valence-corrected chi connectivity index (χ2v) is 35.3. The number of nitrogens with zero attached hydrogens (tertiary/aromatic N) is 5. The lowest BCUT2D eigenvalue weighted by Gasteiger charge is -2.25. The van der Waals surface area contributed by atoms with Crippen LogP contribution in [0.1, 0.15) is 22.7 Å². The summed E-state index contributed by atoms with van der Waals surface area (Å²) in [6.07, 6.45) is 2.30. The van der Waals surface area contributed by atoms with Crippen LogP contribution in [0.2, 0.25) is 0 Å². The number of nitrogens with one attached hydrogen (secondary N) is 1. The maximum Gasteiger partial charge on any atom is 0.160 e. The Bertz CT molecular complexity index is 8990. The molecule has 0 saturated heterocycles. The third-order valence-corrected chi connectivity index (χ3v) is 27.6. The Kier molecular flexibility index (Phi) is 18.6. The lowest BCUT2D eigenvalue weighted by Crippen LogP contribution is -2.31. The lowest BCUT2D eigenvalue weighted by molar-refractivity contribution is 0.780. The van der Waals surface area contributed by atoms with Crippen LogP contribution in [0.15, 0.2) is 490 Å². The van der Waals surface area contributed by atoms with Crippen molar-refractivity contribution in [3.05, 3.63) is 502 Å². The molecule has 0 fully saturated rings. The van der Waals surface area contributed by atoms with Crippen molar-refractivity contribution < 1.29 is 0 Å². The van der Waals surface area contributed by atoms with Crippen molar-refractivity contribution in [1.29, 1.82) is 0 Å². The van der Waals surface area contributed by atoms with Crippen molar-refractivity contribution in [3.8, 4) is 123 Å². The van der Waals surface area contributed by atoms with Gasteiger partial charge in [0.2, 0.25) is 0 Å². The summed E-state index contributed by atoms with van der Waals surface area (Å²) in [5.74, 6) is 1.47. The SMILES string of the molecule is C1=C(c2ccc(-c3ccc(-c4ccc(-c5c6ccccc6cc6c5ccc5ccccc56)cc4)cc3)cc2)N=C(c2cccc(-c3ccc4cc5c(ccc6ccccc65)c(-c5ccc(-c6ccc(-c7ccc(-c8cc(-c9ccccc9-n9c%10ccccc%10c%10ccccc%109)nc(-c9ccccc9)n8)cc7)cc6)cc5)c4c3)c2)NC1c1cccc(-n2c3ccccc3c3ccccc32)c1. The first-order valence-corrected chi connectivity index (χ1v) is 46.0. The molecule has 0 bridgehead atoms. The van der Waals surface area contributed by atoms with Gasteiger partial charge in [-0.05, 0) is 233 Å². The second kappa shape index (κ2) is 32.2. The van der Waals surface area contributed by atoms with Crippen molar-refractivity contribution in [2.24, 2.45) is 4.99 Å². The predicted molar refractivity (Wildman–Crippen MR) is 563 cm³/mol. The van der Waals surface area contributed by atoms with Gasteiger partial charge in [0.15, 0.2) is 5.82 Å². The third-order valence-electron chi connectivity index (χ3n) is 27.6. The summed E-state index contributed by atoms with van der Waals surface area (Å²) in [6.45, 7) is 0. The summed E-state index contributed by atoms with van der Waals surface area (Å²) in [5, 5.41) is 23.7. The largest absolute Gasteiger partial charge is 0.359 e. The van der Waals surface area contributed by atoms with E-state index < -0.39 is 0 Å². The van der Waals surface area contributed by atoms with E-state index in [4.69, 9.17) is 15.0 Å². The summed E-state index contributed by atoms with van der Waals surface area (Å²) >= 11 is 0. The standard InChI is InChI=1S/C128H82N6/c1-2-24-95(25-3-1)127-129-117(80-119(132-127)112-38-14-19-43-124(112)134-122-41-17-12-36-108(122)109-37-13-18-42-123(109)134)92-62-54-86(55-63-92)82-46-50-84(51-47-82)88-58-66-94(67-59-88)126-111-73-71-90-23-5-8-32-104(90)115(111)78-99-69-68-97(76-113(99)126)96-27-20-29-101(74-96)128-130-116(79-118(131-128)100-28-21-30-102(75-100)133-120-39-15-10-34-106(120)107-35-11-16-40-121(107)133)91-60-52-85(53-61-91)81-44-48-83(49-45-81)87-56-64-93(65-57-87)125-105-33-9-6-26-98(105)77-114-103-31-7-4-22-89(103)70-72-110(114)125/h1-80,118H,(H,130,131). The summed E-state index contributed by atoms with van der Waals surface area (Å²) < 4.78 is 4.78. The van der Waals surface area contributed by atoms with Crippen molar-refractivity contribution in [2.45, 2.75) is 6.04 Å². The smallest absolute Gasteiger partial charge is 0.160 e. The summed E-state index contributed by atoms with van der Waals surface area (Å²) in [6, 6.07) is 175. The molecule has 6 nitrogen and oxygen atoms in total. The Hall–Kier alpha value is -17.7. The Morgan fingerprint density at radius 3 is 1.14 bits per heavy atom. The molecule has 0 saturated carbocycles. The number of aromatic nitrogens is 4. The molecule has 25 aromatic rings. The van der Waals surface area contributed by atoms with Crippen LogP contribution >= 0.6 is 0 Å². The van der Waals surface area contributed by atoms with Crippen LogP contribution in [-0.4, -0.2) is 24.9 Å². The molecule has 0 amide bonds. The number of aliphatic imine (C=N–C) groups is 1. The normalized spacial score (nSPS) is 12.9. The first kappa shape index (κ1) is 77.4. The van der Waals surface area contributed by atoms with E-state index in [1.54, 1.807) is 0 Å². The second-order valence-electron chi connectivity index (χ2n) is 35.3. The van der Waals surface area contributed by atoms with Gasteiger partial charge in [-0.3, -0.25) is 0 Å². The molecule has 1 unspecified atom stereocenters. The zero-order valence-corrected chi connectivity index (χ0v) is 73.0. The zero-order chi connectivity index (χ0) is 88.3. The third kappa shape index (κ3) is 13.5. The molecule has 0 aliphatic carbocycles. The van der Waals surface area contributed by atoms with E-state index in [0.29, 0.717) is 5.82 Å². The molecule has 624 valence electrons. The molecule has 0 spiro atoms. The maximum absolute atomic E-state index is 5.62. The molecule has 1 atom stereocenters. The number of amidine groups is 1. The van der Waals surface area contributed by atoms with E-state index in [-0.39, 0.29) is 6.04 Å². The topological polar surface area (TPSA) is 60.0 Å². The highest BCUT2D eigenvalue weighted by Gasteiger charge is 2.26. The number of para-hydroxylation sites is 5. The minimum Gasteiger partial charge on any atom is -0.359 e. The predicted octanol–water partition coefficient (Wildman–Crippen LogP) is 33.4. The molecular formula is C128H82N6. The van der Waals surface area contributed by atoms with E-state index >= 15 is 0 Å². The van der Waals surface area contributed by atoms with Gasteiger partial charge in [0, 0.05) is 49.5 Å². The molecule has 134 heavy (non-hydrogen) atoms. The van der Waals surface area contributed by atoms with Gasteiger partial charge in [-0.15, -0.1) is 0 Å². The minimum atomic E-state index is -0.233. The van der Waals surface area contributed by atoms with Gasteiger partial charge in [0.25, 0.3) is 0 Å². The fourth-order valence-corrected chi connectivity index (χ4v) is 21.0. The lowest BCUT2D eigenvalue weighted by atomic mass is 9.88. The average molecular weight is 1700 g/mol. The van der Waals surface area contributed by atoms with Crippen molar-refractivity contribution >= 4 is 120 Å². The highest BCUT2D eigenvalue weighted by atomic mass is 15.1. The monoisotopic (exact) mass is 1700 g/mol. The van der Waals surface area contributed by atoms with E-state index in [1.165, 1.54) is 125 Å². The first-order valence-electron chi connectivity index (χ1n) is 46.0. The molecule has 26 rings (SSSR count). The van der Waals surface area contributed by atoms with Crippen molar-refractivity contribution in [1.82, 2.24) is 24.4 Å². The molecular weight excluding hydrogens is 1620 g/mol. The molecule has 22 aromatic carbocycles. The fourth-order valence-electron chi connectivity index (χ4n) is 21.0. The van der Waals surface area contributed by atoms with E-state index in [9.17, 15) is 0 Å². The van der Waals surface area contributed by atoms with Crippen LogP contribution in [0.4, 0.5) is 0 Å². The van der Waals surface area contributed by atoms with Crippen LogP contribution < -0.4 is 5.32 Å². The molecule has 4 heterocycles. The van der Waals surface area contributed by atoms with Gasteiger partial charge < -0.3 is 14.5 Å². The highest BCUT2D eigenvalue weighted by molar-refractivity contribution is 6.23. The van der Waals surface area contributed by atoms with Gasteiger partial charge in [-0.2, -0.15) is 0 Å². The molecule has 1 aliphatic rings. The number of hydrogen-bond donors (Lipinski definition) is 1. The Morgan fingerprint density at radius 2 is 0.597 bits per heavy atom. The zero-order valence-electron chi connectivity index (χ0n) is 73.0. The Labute approximate surface area is 775 Å². The molecule has 1 aliphatic heterocycles. The number of benzene rings is 22. The molecule has 3 aromatic heterocycles. The van der Waals surface area contributed by atoms with Gasteiger partial charge >= 0.3 is 0 Å². The Morgan fingerprint density at radius 1 is 0.209 bits per heavy atom. The van der Waals surface area contributed by atoms with Crippen LogP contribution in [0.5, 0.6) is 0 Å². The highest BCUT2D eigenvalue weighted by Crippen LogP contribution is 2.47. The minimum absolute atomic E-state index is 0.233. The van der Waals surface area contributed by atoms with Crippen LogP contribution in [0.3, 0.4) is 0 Å². The van der Waals surface area contributed by atoms with Crippen molar-refractivity contribution in [3.63, 3.8) is 0 Å². The van der Waals surface area contributed by atoms with E-state index in [0.717, 1.165) is 129 Å². The molecule has 6 heteroatoms. The number of fused-ring (bicyclic) bond motifs is 14. The first-order chi connectivity index (χ1) is 66.4. The van der Waals surface area contributed by atoms with Crippen molar-refractivity contribution in [2.75, 3.05) is 0 Å². The number of hydrogen-bond acceptors (Lipinski definition) is 4. The van der Waals surface area contributed by atoms with Gasteiger partial charge in [-0.25, -0.2) is 15.0 Å².